The summed E-state index contributed by atoms with van der Waals surface area (Å²) >= 11 is -1.54. The Morgan fingerprint density at radius 3 is 2.45 bits per heavy atom. The predicted molar refractivity (Wildman–Crippen MR) is 159 cm³/mol. The molecule has 2 atom stereocenters. The number of rotatable bonds is 10. The lowest BCUT2D eigenvalue weighted by molar-refractivity contribution is 0.181. The fraction of sp³-hybridized carbons (Fsp3) is 0.448. The van der Waals surface area contributed by atoms with Crippen LogP contribution in [0.2, 0.25) is 0 Å². The monoisotopic (exact) mass is 616 g/mol. The number of aryl methyl sites for hydroxylation is 1. The summed E-state index contributed by atoms with van der Waals surface area (Å²) < 4.78 is 60.6. The van der Waals surface area contributed by atoms with Crippen LogP contribution >= 0.6 is 0 Å². The maximum Gasteiger partial charge on any atom is 0.243 e. The van der Waals surface area contributed by atoms with E-state index in [0.717, 1.165) is 0 Å². The van der Waals surface area contributed by atoms with Gasteiger partial charge < -0.3 is 19.1 Å². The summed E-state index contributed by atoms with van der Waals surface area (Å²) in [5.74, 6) is -0.760. The van der Waals surface area contributed by atoms with E-state index in [9.17, 15) is 27.7 Å². The van der Waals surface area contributed by atoms with Crippen molar-refractivity contribution < 1.29 is 22.5 Å². The number of aromatic nitrogens is 2. The number of nitrogens with zero attached hydrogens (tertiary/aromatic N) is 5. The topological polar surface area (TPSA) is 138 Å². The molecular formula is C29H37FN6O4S2. The van der Waals surface area contributed by atoms with Gasteiger partial charge in [-0.1, -0.05) is 12.1 Å². The molecule has 2 heterocycles. The highest BCUT2D eigenvalue weighted by Crippen LogP contribution is 2.37. The molecule has 42 heavy (non-hydrogen) atoms. The molecule has 13 heteroatoms. The summed E-state index contributed by atoms with van der Waals surface area (Å²) in [5.41, 5.74) is 0.0696. The summed E-state index contributed by atoms with van der Waals surface area (Å²) in [6.45, 7) is 7.83. The summed E-state index contributed by atoms with van der Waals surface area (Å²) in [6.07, 6.45) is 4.36. The van der Waals surface area contributed by atoms with Crippen molar-refractivity contribution in [1.29, 1.82) is 5.26 Å². The number of aromatic hydroxyl groups is 1. The molecule has 10 nitrogen and oxygen atoms in total. The highest BCUT2D eigenvalue weighted by Gasteiger charge is 2.44. The zero-order valence-corrected chi connectivity index (χ0v) is 25.9. The van der Waals surface area contributed by atoms with Gasteiger partial charge in [0.05, 0.1) is 28.7 Å². The number of benzene rings is 2. The first-order valence-electron chi connectivity index (χ1n) is 13.7. The van der Waals surface area contributed by atoms with Gasteiger partial charge in [0.1, 0.15) is 27.9 Å². The van der Waals surface area contributed by atoms with Gasteiger partial charge >= 0.3 is 0 Å². The first kappa shape index (κ1) is 31.9. The molecule has 2 unspecified atom stereocenters. The van der Waals surface area contributed by atoms with Crippen molar-refractivity contribution in [3.63, 3.8) is 0 Å². The Labute approximate surface area is 250 Å². The Balaban J connectivity index is 1.55. The molecule has 1 aliphatic heterocycles. The number of sulfonamides is 1. The van der Waals surface area contributed by atoms with Crippen LogP contribution in [0.3, 0.4) is 0 Å². The number of halogens is 1. The van der Waals surface area contributed by atoms with Gasteiger partial charge in [-0.15, -0.1) is 4.72 Å². The molecule has 0 saturated carbocycles. The molecule has 0 aliphatic carbocycles. The predicted octanol–water partition coefficient (Wildman–Crippen LogP) is 3.22. The Hall–Kier alpha value is -2.99. The standard InChI is InChI=1S/C29H37FN6O4S2/c1-28(2,3)41(38)33-29(27-20-32-21-34(27)4,23-10-9-22(19-31)26(30)17-23)11-6-12-35-13-15-36(16-14-35)42(39,40)25-8-5-7-24(37)18-25/h5,7-10,17-18,20-21,33,37H,6,11-16H2,1-4H3. The average molecular weight is 617 g/mol. The second-order valence-corrected chi connectivity index (χ2v) is 15.3. The smallest absolute Gasteiger partial charge is 0.243 e. The van der Waals surface area contributed by atoms with E-state index >= 15 is 0 Å². The average Bonchev–Trinajstić information content (AvgIpc) is 3.38. The molecular weight excluding hydrogens is 579 g/mol. The molecule has 2 aromatic carbocycles. The Kier molecular flexibility index (Phi) is 9.66. The highest BCUT2D eigenvalue weighted by atomic mass is 32.2. The van der Waals surface area contributed by atoms with Crippen LogP contribution in [-0.2, 0) is 34.0 Å². The number of phenols is 1. The zero-order chi connectivity index (χ0) is 30.7. The molecule has 226 valence electrons. The van der Waals surface area contributed by atoms with Gasteiger partial charge in [-0.05, 0) is 76.1 Å². The van der Waals surface area contributed by atoms with Crippen LogP contribution in [0.15, 0.2) is 59.9 Å². The molecule has 1 aromatic heterocycles. The number of imidazole rings is 1. The first-order valence-corrected chi connectivity index (χ1v) is 16.2. The second kappa shape index (κ2) is 12.7. The van der Waals surface area contributed by atoms with Crippen molar-refractivity contribution in [3.8, 4) is 11.8 Å². The van der Waals surface area contributed by atoms with E-state index in [2.05, 4.69) is 14.6 Å². The molecule has 4 rings (SSSR count). The van der Waals surface area contributed by atoms with Crippen LogP contribution in [0.1, 0.15) is 50.4 Å². The van der Waals surface area contributed by atoms with Gasteiger partial charge in [0.25, 0.3) is 0 Å². The number of nitrogens with one attached hydrogen (secondary N) is 1. The van der Waals surface area contributed by atoms with Gasteiger partial charge in [0.2, 0.25) is 10.0 Å². The summed E-state index contributed by atoms with van der Waals surface area (Å²) in [6, 6.07) is 12.0. The maximum absolute atomic E-state index is 15.0. The van der Waals surface area contributed by atoms with Crippen molar-refractivity contribution in [3.05, 3.63) is 77.6 Å². The van der Waals surface area contributed by atoms with Gasteiger partial charge in [-0.2, -0.15) is 9.57 Å². The Bertz CT molecular complexity index is 1540. The molecule has 3 aromatic rings. The van der Waals surface area contributed by atoms with E-state index in [1.165, 1.54) is 40.7 Å². The first-order chi connectivity index (χ1) is 19.8. The number of hydrogen-bond acceptors (Lipinski definition) is 8. The molecule has 1 saturated heterocycles. The minimum atomic E-state index is -3.72. The largest absolute Gasteiger partial charge is 0.598 e. The van der Waals surface area contributed by atoms with E-state index in [4.69, 9.17) is 0 Å². The minimum absolute atomic E-state index is 0.0597. The van der Waals surface area contributed by atoms with Crippen LogP contribution < -0.4 is 4.72 Å². The Morgan fingerprint density at radius 2 is 1.88 bits per heavy atom. The number of nitriles is 1. The molecule has 1 fully saturated rings. The third-order valence-corrected chi connectivity index (χ3v) is 11.0. The minimum Gasteiger partial charge on any atom is -0.598 e. The van der Waals surface area contributed by atoms with Crippen molar-refractivity contribution in [1.82, 2.24) is 23.5 Å². The fourth-order valence-corrected chi connectivity index (χ4v) is 7.50. The van der Waals surface area contributed by atoms with Gasteiger partial charge in [-0.3, -0.25) is 0 Å². The third kappa shape index (κ3) is 6.80. The number of hydrogen-bond donors (Lipinski definition) is 2. The van der Waals surface area contributed by atoms with Gasteiger partial charge in [-0.25, -0.2) is 17.8 Å². The highest BCUT2D eigenvalue weighted by molar-refractivity contribution is 7.90. The van der Waals surface area contributed by atoms with E-state index in [1.807, 2.05) is 38.5 Å². The maximum atomic E-state index is 15.0. The molecule has 0 bridgehead atoms. The molecule has 1 aliphatic rings. The number of piperazine rings is 1. The third-order valence-electron chi connectivity index (χ3n) is 7.47. The van der Waals surface area contributed by atoms with E-state index in [0.29, 0.717) is 56.8 Å². The summed E-state index contributed by atoms with van der Waals surface area (Å²) in [4.78, 5) is 6.52. The zero-order valence-electron chi connectivity index (χ0n) is 24.2. The second-order valence-electron chi connectivity index (χ2n) is 11.4. The van der Waals surface area contributed by atoms with Gasteiger partial charge in [0.15, 0.2) is 0 Å². The van der Waals surface area contributed by atoms with E-state index in [1.54, 1.807) is 18.6 Å². The SMILES string of the molecule is Cn1cncc1C(CCCN1CCN(S(=O)(=O)c2cccc(O)c2)CC1)(N[S+]([O-])C(C)(C)C)c1ccc(C#N)c(F)c1. The normalized spacial score (nSPS) is 17.5. The summed E-state index contributed by atoms with van der Waals surface area (Å²) in [5, 5.41) is 19.0. The lowest BCUT2D eigenvalue weighted by Gasteiger charge is -2.39. The van der Waals surface area contributed by atoms with E-state index in [-0.39, 0.29) is 16.2 Å². The van der Waals surface area contributed by atoms with Crippen LogP contribution in [0.4, 0.5) is 4.39 Å². The van der Waals surface area contributed by atoms with Crippen molar-refractivity contribution in [2.75, 3.05) is 32.7 Å². The quantitative estimate of drug-likeness (QED) is 0.332. The lowest BCUT2D eigenvalue weighted by Crippen LogP contribution is -2.53. The van der Waals surface area contributed by atoms with Crippen LogP contribution in [0.25, 0.3) is 0 Å². The van der Waals surface area contributed by atoms with Crippen molar-refractivity contribution >= 4 is 21.4 Å². The molecule has 0 spiro atoms. The molecule has 0 radical (unpaired) electrons. The van der Waals surface area contributed by atoms with Crippen molar-refractivity contribution in [2.24, 2.45) is 7.05 Å². The lowest BCUT2D eigenvalue weighted by atomic mass is 9.83. The van der Waals surface area contributed by atoms with E-state index < -0.39 is 37.5 Å². The van der Waals surface area contributed by atoms with Gasteiger partial charge in [0, 0.05) is 44.6 Å². The fourth-order valence-electron chi connectivity index (χ4n) is 5.09. The van der Waals surface area contributed by atoms with Crippen LogP contribution in [-0.4, -0.2) is 74.3 Å². The molecule has 2 N–H and O–H groups in total. The van der Waals surface area contributed by atoms with Crippen LogP contribution in [0.5, 0.6) is 5.75 Å². The summed E-state index contributed by atoms with van der Waals surface area (Å²) in [7, 11) is -1.90. The van der Waals surface area contributed by atoms with Crippen LogP contribution in [0, 0.1) is 17.1 Å². The Morgan fingerprint density at radius 1 is 1.17 bits per heavy atom. The molecule has 0 amide bonds. The number of phenolic OH excluding ortho intramolecular Hbond substituents is 1. The van der Waals surface area contributed by atoms with Crippen molar-refractivity contribution in [2.45, 2.75) is 48.8 Å².